The summed E-state index contributed by atoms with van der Waals surface area (Å²) in [5, 5.41) is 0. The number of amides is 1. The molecule has 0 aliphatic carbocycles. The van der Waals surface area contributed by atoms with Gasteiger partial charge in [-0.2, -0.15) is 4.31 Å². The molecule has 3 rings (SSSR count). The minimum Gasteiger partial charge on any atom is -0.345 e. The minimum atomic E-state index is -3.82. The number of aromatic nitrogens is 1. The molecule has 6 nitrogen and oxygen atoms in total. The monoisotopic (exact) mass is 637 g/mol. The van der Waals surface area contributed by atoms with Gasteiger partial charge in [-0.05, 0) is 74.4 Å². The number of halogens is 2. The number of sulfonamides is 1. The maximum Gasteiger partial charge on any atom is 0.243 e. The summed E-state index contributed by atoms with van der Waals surface area (Å²) < 4.78 is 32.0. The van der Waals surface area contributed by atoms with E-state index in [-0.39, 0.29) is 23.4 Å². The van der Waals surface area contributed by atoms with Gasteiger partial charge in [0.2, 0.25) is 15.9 Å². The molecule has 0 bridgehead atoms. The van der Waals surface area contributed by atoms with E-state index in [1.807, 2.05) is 30.5 Å². The van der Waals surface area contributed by atoms with E-state index in [0.717, 1.165) is 33.0 Å². The molecule has 36 heavy (non-hydrogen) atoms. The van der Waals surface area contributed by atoms with E-state index in [9.17, 15) is 13.2 Å². The average Bonchev–Trinajstić information content (AvgIpc) is 3.27. The van der Waals surface area contributed by atoms with Crippen LogP contribution in [0.5, 0.6) is 0 Å². The molecule has 0 unspecified atom stereocenters. The van der Waals surface area contributed by atoms with E-state index < -0.39 is 10.0 Å². The summed E-state index contributed by atoms with van der Waals surface area (Å²) >= 11 is 6.82. The van der Waals surface area contributed by atoms with Gasteiger partial charge >= 0.3 is 0 Å². The van der Waals surface area contributed by atoms with Crippen molar-refractivity contribution in [2.75, 3.05) is 13.1 Å². The highest BCUT2D eigenvalue weighted by Gasteiger charge is 2.30. The van der Waals surface area contributed by atoms with Gasteiger partial charge in [-0.3, -0.25) is 4.79 Å². The number of benzene rings is 2. The standard InChI is InChI=1S/C27H33Br2N3O3S/c1-4-5-16-31(19-25-7-6-17-30(25)18-22-8-10-23(28)11-9-22)27(33)20-32(21(2)3)36(34,35)26-14-12-24(29)13-15-26/h6-15,17,21H,4-5,16,18-20H2,1-3H3. The fourth-order valence-corrected chi connectivity index (χ4v) is 6.01. The van der Waals surface area contributed by atoms with E-state index in [0.29, 0.717) is 19.6 Å². The Morgan fingerprint density at radius 3 is 2.17 bits per heavy atom. The summed E-state index contributed by atoms with van der Waals surface area (Å²) in [6.45, 7) is 7.16. The Morgan fingerprint density at radius 1 is 0.972 bits per heavy atom. The summed E-state index contributed by atoms with van der Waals surface area (Å²) in [5.74, 6) is -0.200. The number of rotatable bonds is 12. The summed E-state index contributed by atoms with van der Waals surface area (Å²) in [6.07, 6.45) is 3.80. The Labute approximate surface area is 231 Å². The molecular formula is C27H33Br2N3O3S. The van der Waals surface area contributed by atoms with Gasteiger partial charge in [-0.1, -0.05) is 57.3 Å². The molecule has 0 atom stereocenters. The van der Waals surface area contributed by atoms with Gasteiger partial charge in [-0.25, -0.2) is 8.42 Å². The first-order chi connectivity index (χ1) is 17.1. The second-order valence-corrected chi connectivity index (χ2v) is 12.7. The van der Waals surface area contributed by atoms with Gasteiger partial charge in [0.05, 0.1) is 18.0 Å². The van der Waals surface area contributed by atoms with Crippen LogP contribution in [0.25, 0.3) is 0 Å². The third kappa shape index (κ3) is 7.54. The normalized spacial score (nSPS) is 11.9. The highest BCUT2D eigenvalue weighted by Crippen LogP contribution is 2.21. The lowest BCUT2D eigenvalue weighted by Crippen LogP contribution is -2.46. The number of nitrogens with zero attached hydrogens (tertiary/aromatic N) is 3. The van der Waals surface area contributed by atoms with E-state index in [1.54, 1.807) is 43.0 Å². The van der Waals surface area contributed by atoms with Crippen LogP contribution in [0.15, 0.2) is 80.7 Å². The van der Waals surface area contributed by atoms with Gasteiger partial charge in [0, 0.05) is 40.0 Å². The van der Waals surface area contributed by atoms with Gasteiger partial charge in [0.1, 0.15) is 0 Å². The second kappa shape index (κ2) is 13.0. The topological polar surface area (TPSA) is 62.6 Å². The molecule has 0 N–H and O–H groups in total. The van der Waals surface area contributed by atoms with Crippen molar-refractivity contribution in [3.05, 3.63) is 87.1 Å². The highest BCUT2D eigenvalue weighted by molar-refractivity contribution is 9.10. The number of hydrogen-bond donors (Lipinski definition) is 0. The van der Waals surface area contributed by atoms with Gasteiger partial charge in [-0.15, -0.1) is 0 Å². The molecule has 1 aromatic heterocycles. The number of carbonyl (C=O) groups excluding carboxylic acids is 1. The largest absolute Gasteiger partial charge is 0.345 e. The lowest BCUT2D eigenvalue weighted by molar-refractivity contribution is -0.132. The lowest BCUT2D eigenvalue weighted by atomic mass is 10.2. The Balaban J connectivity index is 1.80. The first kappa shape index (κ1) is 28.6. The Morgan fingerprint density at radius 2 is 1.58 bits per heavy atom. The van der Waals surface area contributed by atoms with Crippen LogP contribution in [0.3, 0.4) is 0 Å². The number of hydrogen-bond acceptors (Lipinski definition) is 3. The van der Waals surface area contributed by atoms with Crippen LogP contribution in [0.2, 0.25) is 0 Å². The zero-order chi connectivity index (χ0) is 26.3. The highest BCUT2D eigenvalue weighted by atomic mass is 79.9. The molecule has 194 valence electrons. The summed E-state index contributed by atoms with van der Waals surface area (Å²) in [7, 11) is -3.82. The van der Waals surface area contributed by atoms with Gasteiger partial charge < -0.3 is 9.47 Å². The zero-order valence-corrected chi connectivity index (χ0v) is 24.9. The van der Waals surface area contributed by atoms with Crippen molar-refractivity contribution in [1.29, 1.82) is 0 Å². The molecule has 0 saturated carbocycles. The van der Waals surface area contributed by atoms with Crippen LogP contribution in [-0.4, -0.2) is 47.2 Å². The van der Waals surface area contributed by atoms with Gasteiger partial charge in [0.15, 0.2) is 0 Å². The SMILES string of the molecule is CCCCN(Cc1cccn1Cc1ccc(Br)cc1)C(=O)CN(C(C)C)S(=O)(=O)c1ccc(Br)cc1. The van der Waals surface area contributed by atoms with Crippen molar-refractivity contribution in [1.82, 2.24) is 13.8 Å². The van der Waals surface area contributed by atoms with Gasteiger partial charge in [0.25, 0.3) is 0 Å². The maximum atomic E-state index is 13.5. The molecule has 0 spiro atoms. The van der Waals surface area contributed by atoms with Crippen LogP contribution in [0.4, 0.5) is 0 Å². The predicted octanol–water partition coefficient (Wildman–Crippen LogP) is 6.29. The van der Waals surface area contributed by atoms with Crippen LogP contribution in [0, 0.1) is 0 Å². The van der Waals surface area contributed by atoms with Crippen molar-refractivity contribution in [2.24, 2.45) is 0 Å². The maximum absolute atomic E-state index is 13.5. The first-order valence-electron chi connectivity index (χ1n) is 12.1. The molecule has 0 radical (unpaired) electrons. The number of unbranched alkanes of at least 4 members (excludes halogenated alkanes) is 1. The summed E-state index contributed by atoms with van der Waals surface area (Å²) in [6, 6.07) is 18.3. The lowest BCUT2D eigenvalue weighted by Gasteiger charge is -2.29. The molecular weight excluding hydrogens is 606 g/mol. The van der Waals surface area contributed by atoms with E-state index >= 15 is 0 Å². The third-order valence-corrected chi connectivity index (χ3v) is 9.06. The van der Waals surface area contributed by atoms with Crippen LogP contribution in [-0.2, 0) is 27.9 Å². The molecule has 2 aromatic carbocycles. The molecule has 9 heteroatoms. The Hall–Kier alpha value is -1.94. The van der Waals surface area contributed by atoms with Crippen molar-refractivity contribution in [2.45, 2.75) is 57.6 Å². The molecule has 1 heterocycles. The van der Waals surface area contributed by atoms with E-state index in [1.165, 1.54) is 4.31 Å². The van der Waals surface area contributed by atoms with Crippen LogP contribution in [0.1, 0.15) is 44.9 Å². The minimum absolute atomic E-state index is 0.177. The smallest absolute Gasteiger partial charge is 0.243 e. The molecule has 0 saturated heterocycles. The average molecular weight is 639 g/mol. The van der Waals surface area contributed by atoms with Crippen LogP contribution >= 0.6 is 31.9 Å². The van der Waals surface area contributed by atoms with Crippen molar-refractivity contribution >= 4 is 47.8 Å². The van der Waals surface area contributed by atoms with Crippen LogP contribution < -0.4 is 0 Å². The molecule has 3 aromatic rings. The summed E-state index contributed by atoms with van der Waals surface area (Å²) in [4.78, 5) is 15.5. The van der Waals surface area contributed by atoms with E-state index in [4.69, 9.17) is 0 Å². The van der Waals surface area contributed by atoms with Crippen molar-refractivity contribution in [3.63, 3.8) is 0 Å². The molecule has 0 aliphatic rings. The number of carbonyl (C=O) groups is 1. The molecule has 0 fully saturated rings. The Kier molecular flexibility index (Phi) is 10.4. The summed E-state index contributed by atoms with van der Waals surface area (Å²) in [5.41, 5.74) is 2.17. The quantitative estimate of drug-likeness (QED) is 0.234. The predicted molar refractivity (Wildman–Crippen MR) is 151 cm³/mol. The molecule has 1 amide bonds. The fourth-order valence-electron chi connectivity index (χ4n) is 3.89. The van der Waals surface area contributed by atoms with E-state index in [2.05, 4.69) is 55.5 Å². The fraction of sp³-hybridized carbons (Fsp3) is 0.370. The first-order valence-corrected chi connectivity index (χ1v) is 15.1. The van der Waals surface area contributed by atoms with Crippen molar-refractivity contribution in [3.8, 4) is 0 Å². The molecule has 0 aliphatic heterocycles. The zero-order valence-electron chi connectivity index (χ0n) is 20.9. The third-order valence-electron chi connectivity index (χ3n) is 5.96. The van der Waals surface area contributed by atoms with Crippen molar-refractivity contribution < 1.29 is 13.2 Å². The second-order valence-electron chi connectivity index (χ2n) is 9.02. The Bertz CT molecular complexity index is 1240.